The molecule has 1 aliphatic carbocycles. The molecular weight excluding hydrogens is 648 g/mol. The first kappa shape index (κ1) is 33.5. The molecule has 49 heavy (non-hydrogen) atoms. The molecule has 0 spiro atoms. The zero-order chi connectivity index (χ0) is 34.7. The van der Waals surface area contributed by atoms with E-state index in [2.05, 4.69) is 124 Å². The van der Waals surface area contributed by atoms with Crippen LogP contribution in [0.5, 0.6) is 0 Å². The molecule has 2 heterocycles. The molecule has 4 aromatic rings. The zero-order valence-electron chi connectivity index (χ0n) is 28.9. The van der Waals surface area contributed by atoms with Gasteiger partial charge in [0, 0.05) is 46.1 Å². The van der Waals surface area contributed by atoms with Crippen molar-refractivity contribution in [3.05, 3.63) is 130 Å². The summed E-state index contributed by atoms with van der Waals surface area (Å²) in [4.78, 5) is 2.43. The predicted octanol–water partition coefficient (Wildman–Crippen LogP) is 10.1. The van der Waals surface area contributed by atoms with Crippen molar-refractivity contribution in [2.75, 3.05) is 23.7 Å². The molecule has 0 unspecified atom stereocenters. The van der Waals surface area contributed by atoms with E-state index >= 15 is 0 Å². The molecule has 0 saturated carbocycles. The molecule has 3 aliphatic rings. The summed E-state index contributed by atoms with van der Waals surface area (Å²) in [6.07, 6.45) is 11.5. The lowest BCUT2D eigenvalue weighted by molar-refractivity contribution is -0.432. The maximum absolute atomic E-state index is 11.9. The van der Waals surface area contributed by atoms with Crippen LogP contribution in [0.2, 0.25) is 0 Å². The number of nitrogens with zero attached hydrogens (tertiary/aromatic N) is 2. The third-order valence-electron chi connectivity index (χ3n) is 10.7. The van der Waals surface area contributed by atoms with Crippen LogP contribution in [0, 0.1) is 0 Å². The minimum absolute atomic E-state index is 0.153. The summed E-state index contributed by atoms with van der Waals surface area (Å²) in [5.41, 5.74) is 8.63. The van der Waals surface area contributed by atoms with E-state index in [0.29, 0.717) is 0 Å². The van der Waals surface area contributed by atoms with Gasteiger partial charge in [-0.2, -0.15) is 13.0 Å². The minimum atomic E-state index is -4.15. The average molecular weight is 692 g/mol. The fraction of sp³-hybridized carbons (Fsp3) is 0.310. The highest BCUT2D eigenvalue weighted by Crippen LogP contribution is 2.51. The van der Waals surface area contributed by atoms with E-state index in [1.165, 1.54) is 27.7 Å². The van der Waals surface area contributed by atoms with Crippen LogP contribution in [-0.4, -0.2) is 42.1 Å². The Morgan fingerprint density at radius 2 is 1.49 bits per heavy atom. The van der Waals surface area contributed by atoms with E-state index in [9.17, 15) is 13.0 Å². The Balaban J connectivity index is 1.27. The van der Waals surface area contributed by atoms with Gasteiger partial charge in [-0.25, -0.2) is 0 Å². The third-order valence-corrected chi connectivity index (χ3v) is 11.9. The fourth-order valence-electron chi connectivity index (χ4n) is 8.43. The summed E-state index contributed by atoms with van der Waals surface area (Å²) >= 11 is 7.21. The molecule has 5 nitrogen and oxygen atoms in total. The summed E-state index contributed by atoms with van der Waals surface area (Å²) in [6.45, 7) is 12.2. The van der Waals surface area contributed by atoms with E-state index in [1.54, 1.807) is 0 Å². The normalized spacial score (nSPS) is 20.4. The average Bonchev–Trinajstić information content (AvgIpc) is 3.44. The van der Waals surface area contributed by atoms with Crippen molar-refractivity contribution in [2.24, 2.45) is 0 Å². The van der Waals surface area contributed by atoms with E-state index in [-0.39, 0.29) is 17.7 Å². The van der Waals surface area contributed by atoms with Gasteiger partial charge in [-0.3, -0.25) is 4.55 Å². The van der Waals surface area contributed by atoms with Crippen molar-refractivity contribution in [1.82, 2.24) is 0 Å². The van der Waals surface area contributed by atoms with E-state index in [4.69, 9.17) is 11.6 Å². The molecule has 0 saturated heterocycles. The molecule has 7 rings (SSSR count). The van der Waals surface area contributed by atoms with Gasteiger partial charge in [0.15, 0.2) is 12.3 Å². The molecule has 1 N–H and O–H groups in total. The third kappa shape index (κ3) is 5.78. The number of fused-ring (bicyclic) bond motifs is 6. The summed E-state index contributed by atoms with van der Waals surface area (Å²) in [5, 5.41) is 5.63. The van der Waals surface area contributed by atoms with Crippen molar-refractivity contribution in [3.8, 4) is 0 Å². The van der Waals surface area contributed by atoms with Crippen LogP contribution in [-0.2, 0) is 20.9 Å². The molecule has 0 atom stereocenters. The Bertz CT molecular complexity index is 2290. The summed E-state index contributed by atoms with van der Waals surface area (Å²) in [7, 11) is -4.15. The Kier molecular flexibility index (Phi) is 8.49. The summed E-state index contributed by atoms with van der Waals surface area (Å²) < 4.78 is 35.5. The van der Waals surface area contributed by atoms with Gasteiger partial charge in [0.1, 0.15) is 5.75 Å². The van der Waals surface area contributed by atoms with Gasteiger partial charge in [0.05, 0.1) is 5.41 Å². The first-order chi connectivity index (χ1) is 23.3. The lowest BCUT2D eigenvalue weighted by Crippen LogP contribution is -2.29. The molecule has 7 heteroatoms. The monoisotopic (exact) mass is 691 g/mol. The lowest BCUT2D eigenvalue weighted by atomic mass is 9.78. The second-order valence-electron chi connectivity index (χ2n) is 14.4. The topological polar surface area (TPSA) is 60.6 Å². The lowest BCUT2D eigenvalue weighted by Gasteiger charge is -2.26. The molecule has 4 aromatic carbocycles. The van der Waals surface area contributed by atoms with Crippen LogP contribution in [0.25, 0.3) is 21.5 Å². The van der Waals surface area contributed by atoms with Gasteiger partial charge in [-0.15, -0.1) is 0 Å². The van der Waals surface area contributed by atoms with Crippen LogP contribution >= 0.6 is 11.6 Å². The number of benzene rings is 4. The number of halogens is 1. The molecule has 0 aromatic heterocycles. The molecular formula is C42H44ClN2O3S+. The molecule has 252 valence electrons. The maximum Gasteiger partial charge on any atom is 0.271 e. The van der Waals surface area contributed by atoms with Crippen molar-refractivity contribution in [2.45, 2.75) is 64.7 Å². The fourth-order valence-corrected chi connectivity index (χ4v) is 9.15. The highest BCUT2D eigenvalue weighted by molar-refractivity contribution is 7.85. The van der Waals surface area contributed by atoms with Crippen LogP contribution in [0.15, 0.2) is 119 Å². The first-order valence-electron chi connectivity index (χ1n) is 17.2. The summed E-state index contributed by atoms with van der Waals surface area (Å²) in [6, 6.07) is 25.6. The van der Waals surface area contributed by atoms with Gasteiger partial charge in [0.25, 0.3) is 10.1 Å². The van der Waals surface area contributed by atoms with Crippen molar-refractivity contribution < 1.29 is 17.5 Å². The number of anilines is 1. The second-order valence-corrected chi connectivity index (χ2v) is 16.4. The zero-order valence-corrected chi connectivity index (χ0v) is 30.5. The second kappa shape index (κ2) is 12.4. The molecule has 2 aliphatic heterocycles. The predicted molar refractivity (Wildman–Crippen MR) is 205 cm³/mol. The van der Waals surface area contributed by atoms with Crippen molar-refractivity contribution >= 4 is 60.4 Å². The van der Waals surface area contributed by atoms with Crippen LogP contribution < -0.4 is 4.90 Å². The van der Waals surface area contributed by atoms with Gasteiger partial charge in [-0.05, 0) is 96.5 Å². The molecule has 0 radical (unpaired) electrons. The standard InChI is InChI=1S/C42H43ClN2O3S/c1-6-44-34-22-18-28-12-7-9-16-32(28)38(34)41(2,3)36(44)24-20-30-14-11-15-31(40(30)43)21-25-37-42(4,5)39-33-17-10-8-13-29(33)19-23-35(39)45(37)26-27-49(46,47)48/h7-10,12-13,16-25H,6,11,14-15,26-27H2,1-5H3/p+1. The maximum atomic E-state index is 11.9. The number of hydrogen-bond acceptors (Lipinski definition) is 3. The molecule has 0 fully saturated rings. The minimum Gasteiger partial charge on any atom is -0.344 e. The first-order valence-corrected chi connectivity index (χ1v) is 19.2. The van der Waals surface area contributed by atoms with Crippen LogP contribution in [0.3, 0.4) is 0 Å². The quantitative estimate of drug-likeness (QED) is 0.155. The number of rotatable bonds is 7. The number of allylic oxidation sites excluding steroid dienone is 8. The molecule has 0 bridgehead atoms. The molecule has 0 amide bonds. The Hall–Kier alpha value is -3.97. The van der Waals surface area contributed by atoms with Crippen molar-refractivity contribution in [3.63, 3.8) is 0 Å². The van der Waals surface area contributed by atoms with Gasteiger partial charge in [0.2, 0.25) is 5.69 Å². The number of hydrogen-bond donors (Lipinski definition) is 1. The largest absolute Gasteiger partial charge is 0.344 e. The Morgan fingerprint density at radius 3 is 2.16 bits per heavy atom. The van der Waals surface area contributed by atoms with Gasteiger partial charge >= 0.3 is 0 Å². The highest BCUT2D eigenvalue weighted by atomic mass is 35.5. The number of likely N-dealkylation sites (N-methyl/N-ethyl adjacent to an activating group) is 1. The summed E-state index contributed by atoms with van der Waals surface area (Å²) in [5.74, 6) is -0.359. The van der Waals surface area contributed by atoms with Crippen molar-refractivity contribution in [1.29, 1.82) is 0 Å². The van der Waals surface area contributed by atoms with Crippen LogP contribution in [0.1, 0.15) is 65.0 Å². The van der Waals surface area contributed by atoms with E-state index in [1.807, 2.05) is 16.7 Å². The van der Waals surface area contributed by atoms with E-state index < -0.39 is 15.5 Å². The highest BCUT2D eigenvalue weighted by Gasteiger charge is 2.46. The van der Waals surface area contributed by atoms with Crippen LogP contribution in [0.4, 0.5) is 11.4 Å². The van der Waals surface area contributed by atoms with Gasteiger partial charge < -0.3 is 4.90 Å². The smallest absolute Gasteiger partial charge is 0.271 e. The Labute approximate surface area is 295 Å². The van der Waals surface area contributed by atoms with E-state index in [0.717, 1.165) is 69.7 Å². The Morgan fingerprint density at radius 1 is 0.837 bits per heavy atom. The van der Waals surface area contributed by atoms with Gasteiger partial charge in [-0.1, -0.05) is 92.2 Å². The SMILES string of the molecule is CCN1C(=CC=C2CCCC(C=CC3=[N+](CCS(=O)(=O)O)c4ccc5ccccc5c4C3(C)C)=C2Cl)C(C)(C)c2c1ccc1ccccc21.